The average molecular weight is 491 g/mol. The van der Waals surface area contributed by atoms with Crippen LogP contribution in [-0.2, 0) is 25.5 Å². The van der Waals surface area contributed by atoms with Crippen molar-refractivity contribution in [2.75, 3.05) is 13.2 Å². The first-order valence-corrected chi connectivity index (χ1v) is 11.5. The molecule has 1 unspecified atom stereocenters. The lowest BCUT2D eigenvalue weighted by Gasteiger charge is -2.29. The lowest BCUT2D eigenvalue weighted by atomic mass is 9.95. The van der Waals surface area contributed by atoms with E-state index in [-0.39, 0.29) is 37.3 Å². The Hall–Kier alpha value is -4.47. The fourth-order valence-corrected chi connectivity index (χ4v) is 3.68. The van der Waals surface area contributed by atoms with Gasteiger partial charge in [0, 0.05) is 12.0 Å². The molecule has 2 heterocycles. The van der Waals surface area contributed by atoms with Crippen molar-refractivity contribution >= 4 is 18.0 Å². The molecule has 0 fully saturated rings. The largest absolute Gasteiger partial charge is 0.463 e. The van der Waals surface area contributed by atoms with Gasteiger partial charge in [0.2, 0.25) is 11.8 Å². The van der Waals surface area contributed by atoms with Gasteiger partial charge in [-0.25, -0.2) is 9.59 Å². The molecule has 2 amide bonds. The summed E-state index contributed by atoms with van der Waals surface area (Å²) in [6.45, 7) is 3.52. The second-order valence-electron chi connectivity index (χ2n) is 8.08. The standard InChI is InChI=1S/C26H26N4O6/c1-3-34-25(32)22-19(27-26(33)28-23(22)17-7-5-4-6-8-17)15-35-21(31)14-13-20-29-30-24(36-20)18-11-9-16(2)10-12-18/h4-12,23H,3,13-15H2,1-2H3,(H2,27,28,33). The van der Waals surface area contributed by atoms with E-state index in [2.05, 4.69) is 20.8 Å². The van der Waals surface area contributed by atoms with E-state index in [0.29, 0.717) is 17.3 Å². The number of carbonyl (C=O) groups excluding carboxylic acids is 3. The van der Waals surface area contributed by atoms with E-state index < -0.39 is 24.0 Å². The van der Waals surface area contributed by atoms with Crippen LogP contribution in [0.1, 0.15) is 36.4 Å². The minimum Gasteiger partial charge on any atom is -0.463 e. The molecule has 36 heavy (non-hydrogen) atoms. The van der Waals surface area contributed by atoms with E-state index in [4.69, 9.17) is 13.9 Å². The summed E-state index contributed by atoms with van der Waals surface area (Å²) in [4.78, 5) is 37.5. The summed E-state index contributed by atoms with van der Waals surface area (Å²) in [5.41, 5.74) is 2.94. The van der Waals surface area contributed by atoms with Gasteiger partial charge in [-0.2, -0.15) is 0 Å². The summed E-state index contributed by atoms with van der Waals surface area (Å²) >= 11 is 0. The molecule has 0 spiro atoms. The molecule has 0 aliphatic carbocycles. The molecule has 4 rings (SSSR count). The third-order valence-electron chi connectivity index (χ3n) is 5.47. The maximum Gasteiger partial charge on any atom is 0.338 e. The van der Waals surface area contributed by atoms with Crippen molar-refractivity contribution < 1.29 is 28.3 Å². The molecule has 186 valence electrons. The van der Waals surface area contributed by atoms with E-state index in [1.807, 2.05) is 37.3 Å². The van der Waals surface area contributed by atoms with Crippen molar-refractivity contribution in [3.8, 4) is 11.5 Å². The third-order valence-corrected chi connectivity index (χ3v) is 5.47. The Kier molecular flexibility index (Phi) is 7.74. The highest BCUT2D eigenvalue weighted by Gasteiger charge is 2.34. The first kappa shape index (κ1) is 24.6. The SMILES string of the molecule is CCOC(=O)C1=C(COC(=O)CCc2nnc(-c3ccc(C)cc3)o2)NC(=O)NC1c1ccccc1. The number of nitrogens with one attached hydrogen (secondary N) is 2. The Morgan fingerprint density at radius 1 is 1.03 bits per heavy atom. The number of esters is 2. The van der Waals surface area contributed by atoms with Crippen LogP contribution in [-0.4, -0.2) is 41.4 Å². The number of urea groups is 1. The van der Waals surface area contributed by atoms with E-state index >= 15 is 0 Å². The zero-order chi connectivity index (χ0) is 25.5. The molecule has 10 heteroatoms. The molecular weight excluding hydrogens is 464 g/mol. The molecule has 2 aromatic carbocycles. The molecule has 10 nitrogen and oxygen atoms in total. The number of benzene rings is 2. The molecule has 0 saturated carbocycles. The highest BCUT2D eigenvalue weighted by molar-refractivity contribution is 5.95. The zero-order valence-electron chi connectivity index (χ0n) is 19.9. The van der Waals surface area contributed by atoms with Crippen LogP contribution in [0.3, 0.4) is 0 Å². The molecule has 0 bridgehead atoms. The molecular formula is C26H26N4O6. The Morgan fingerprint density at radius 3 is 2.50 bits per heavy atom. The maximum atomic E-state index is 12.8. The summed E-state index contributed by atoms with van der Waals surface area (Å²) in [5.74, 6) is -0.496. The molecule has 1 aliphatic rings. The van der Waals surface area contributed by atoms with Crippen LogP contribution >= 0.6 is 0 Å². The Balaban J connectivity index is 1.42. The smallest absolute Gasteiger partial charge is 0.338 e. The van der Waals surface area contributed by atoms with E-state index in [1.165, 1.54) is 0 Å². The number of rotatable bonds is 9. The lowest BCUT2D eigenvalue weighted by Crippen LogP contribution is -2.47. The van der Waals surface area contributed by atoms with Gasteiger partial charge in [0.25, 0.3) is 0 Å². The molecule has 1 atom stereocenters. The minimum atomic E-state index is -0.744. The lowest BCUT2D eigenvalue weighted by molar-refractivity contribution is -0.143. The van der Waals surface area contributed by atoms with Gasteiger partial charge in [-0.15, -0.1) is 10.2 Å². The Labute approximate surface area is 207 Å². The van der Waals surface area contributed by atoms with Gasteiger partial charge in [-0.05, 0) is 31.5 Å². The summed E-state index contributed by atoms with van der Waals surface area (Å²) in [6.07, 6.45) is 0.161. The molecule has 0 radical (unpaired) electrons. The second-order valence-corrected chi connectivity index (χ2v) is 8.08. The summed E-state index contributed by atoms with van der Waals surface area (Å²) < 4.78 is 16.2. The number of aromatic nitrogens is 2. The van der Waals surface area contributed by atoms with Gasteiger partial charge in [0.05, 0.1) is 30.3 Å². The predicted molar refractivity (Wildman–Crippen MR) is 128 cm³/mol. The number of carbonyl (C=O) groups is 3. The second kappa shape index (κ2) is 11.3. The predicted octanol–water partition coefficient (Wildman–Crippen LogP) is 3.39. The van der Waals surface area contributed by atoms with Crippen molar-refractivity contribution in [2.24, 2.45) is 0 Å². The van der Waals surface area contributed by atoms with Gasteiger partial charge < -0.3 is 24.5 Å². The van der Waals surface area contributed by atoms with Crippen LogP contribution in [0, 0.1) is 6.92 Å². The number of hydrogen-bond acceptors (Lipinski definition) is 8. The number of amides is 2. The summed E-state index contributed by atoms with van der Waals surface area (Å²) in [5, 5.41) is 13.3. The van der Waals surface area contributed by atoms with Crippen LogP contribution in [0.5, 0.6) is 0 Å². The summed E-state index contributed by atoms with van der Waals surface area (Å²) in [6, 6.07) is 15.4. The summed E-state index contributed by atoms with van der Waals surface area (Å²) in [7, 11) is 0. The Morgan fingerprint density at radius 2 is 1.78 bits per heavy atom. The Bertz CT molecular complexity index is 1270. The van der Waals surface area contributed by atoms with Crippen molar-refractivity contribution in [1.29, 1.82) is 0 Å². The van der Waals surface area contributed by atoms with Gasteiger partial charge in [0.1, 0.15) is 6.61 Å². The maximum absolute atomic E-state index is 12.8. The van der Waals surface area contributed by atoms with Crippen LogP contribution < -0.4 is 10.6 Å². The van der Waals surface area contributed by atoms with Crippen molar-refractivity contribution in [1.82, 2.24) is 20.8 Å². The van der Waals surface area contributed by atoms with E-state index in [0.717, 1.165) is 11.1 Å². The number of aryl methyl sites for hydroxylation is 2. The quantitative estimate of drug-likeness (QED) is 0.436. The topological polar surface area (TPSA) is 133 Å². The minimum absolute atomic E-state index is 0.0220. The fourth-order valence-electron chi connectivity index (χ4n) is 3.68. The molecule has 1 aliphatic heterocycles. The number of ether oxygens (including phenoxy) is 2. The van der Waals surface area contributed by atoms with Crippen LogP contribution in [0.4, 0.5) is 4.79 Å². The fraction of sp³-hybridized carbons (Fsp3) is 0.269. The number of hydrogen-bond donors (Lipinski definition) is 2. The van der Waals surface area contributed by atoms with Gasteiger partial charge in [0.15, 0.2) is 0 Å². The molecule has 2 N–H and O–H groups in total. The van der Waals surface area contributed by atoms with Crippen LogP contribution in [0.25, 0.3) is 11.5 Å². The number of nitrogens with zero attached hydrogens (tertiary/aromatic N) is 2. The van der Waals surface area contributed by atoms with E-state index in [9.17, 15) is 14.4 Å². The normalized spacial score (nSPS) is 15.2. The van der Waals surface area contributed by atoms with Crippen molar-refractivity contribution in [2.45, 2.75) is 32.7 Å². The van der Waals surface area contributed by atoms with E-state index in [1.54, 1.807) is 31.2 Å². The van der Waals surface area contributed by atoms with Gasteiger partial charge in [-0.1, -0.05) is 48.0 Å². The highest BCUT2D eigenvalue weighted by Crippen LogP contribution is 2.28. The van der Waals surface area contributed by atoms with Gasteiger partial charge >= 0.3 is 18.0 Å². The van der Waals surface area contributed by atoms with Crippen LogP contribution in [0.2, 0.25) is 0 Å². The van der Waals surface area contributed by atoms with Crippen molar-refractivity contribution in [3.63, 3.8) is 0 Å². The third kappa shape index (κ3) is 5.96. The average Bonchev–Trinajstić information content (AvgIpc) is 3.36. The van der Waals surface area contributed by atoms with Crippen LogP contribution in [0.15, 0.2) is 70.3 Å². The first-order chi connectivity index (χ1) is 17.4. The molecule has 3 aromatic rings. The first-order valence-electron chi connectivity index (χ1n) is 11.5. The molecule has 1 aromatic heterocycles. The molecule has 0 saturated heterocycles. The van der Waals surface area contributed by atoms with Crippen molar-refractivity contribution in [3.05, 3.63) is 82.9 Å². The monoisotopic (exact) mass is 490 g/mol. The highest BCUT2D eigenvalue weighted by atomic mass is 16.5. The van der Waals surface area contributed by atoms with Gasteiger partial charge in [-0.3, -0.25) is 4.79 Å². The zero-order valence-corrected chi connectivity index (χ0v) is 19.9.